The molecule has 1 N–H and O–H groups in total. The molecule has 1 saturated carbocycles. The summed E-state index contributed by atoms with van der Waals surface area (Å²) in [7, 11) is 1.35. The number of hydrogen-bond acceptors (Lipinski definition) is 4. The molecule has 1 atom stereocenters. The maximum atomic E-state index is 11.9. The molecule has 0 heterocycles. The van der Waals surface area contributed by atoms with Crippen molar-refractivity contribution in [3.8, 4) is 0 Å². The number of ether oxygens (including phenoxy) is 2. The lowest BCUT2D eigenvalue weighted by molar-refractivity contribution is -0.143. The number of esters is 1. The fourth-order valence-electron chi connectivity index (χ4n) is 2.74. The molecule has 1 aliphatic carbocycles. The molecule has 0 unspecified atom stereocenters. The van der Waals surface area contributed by atoms with E-state index >= 15 is 0 Å². The molecule has 21 heavy (non-hydrogen) atoms. The Balaban J connectivity index is 2.58. The van der Waals surface area contributed by atoms with Crippen LogP contribution < -0.4 is 5.32 Å². The van der Waals surface area contributed by atoms with Crippen molar-refractivity contribution in [2.45, 2.75) is 77.4 Å². The molecule has 0 saturated heterocycles. The van der Waals surface area contributed by atoms with Crippen molar-refractivity contribution < 1.29 is 19.1 Å². The Kier molecular flexibility index (Phi) is 6.99. The maximum Gasteiger partial charge on any atom is 0.408 e. The highest BCUT2D eigenvalue weighted by Gasteiger charge is 2.28. The summed E-state index contributed by atoms with van der Waals surface area (Å²) in [6.07, 6.45) is 7.22. The second-order valence-corrected chi connectivity index (χ2v) is 6.82. The Morgan fingerprint density at radius 2 is 1.71 bits per heavy atom. The van der Waals surface area contributed by atoms with Crippen molar-refractivity contribution in [3.05, 3.63) is 0 Å². The molecule has 1 rings (SSSR count). The summed E-state index contributed by atoms with van der Waals surface area (Å²) in [5, 5.41) is 2.66. The molecule has 0 aromatic heterocycles. The van der Waals surface area contributed by atoms with Gasteiger partial charge in [-0.1, -0.05) is 38.5 Å². The first-order valence-corrected chi connectivity index (χ1v) is 7.89. The fraction of sp³-hybridized carbons (Fsp3) is 0.875. The summed E-state index contributed by atoms with van der Waals surface area (Å²) in [6.45, 7) is 5.39. The van der Waals surface area contributed by atoms with Crippen LogP contribution in [0.15, 0.2) is 0 Å². The van der Waals surface area contributed by atoms with Gasteiger partial charge in [0.25, 0.3) is 0 Å². The summed E-state index contributed by atoms with van der Waals surface area (Å²) in [5.41, 5.74) is -0.576. The van der Waals surface area contributed by atoms with Crippen LogP contribution in [-0.2, 0) is 14.3 Å². The van der Waals surface area contributed by atoms with Gasteiger partial charge in [-0.25, -0.2) is 9.59 Å². The minimum absolute atomic E-state index is 0.398. The van der Waals surface area contributed by atoms with Crippen LogP contribution in [0, 0.1) is 5.92 Å². The van der Waals surface area contributed by atoms with E-state index in [1.165, 1.54) is 32.8 Å². The van der Waals surface area contributed by atoms with Gasteiger partial charge in [0.05, 0.1) is 7.11 Å². The Hall–Kier alpha value is -1.26. The Bertz CT molecular complexity index is 341. The standard InChI is InChI=1S/C16H29NO4/c1-16(2,3)21-15(19)17-13(14(18)20-4)11-12-9-7-5-6-8-10-12/h12-13H,5-11H2,1-4H3,(H,17,19)/t13-/m0/s1. The van der Waals surface area contributed by atoms with Gasteiger partial charge >= 0.3 is 12.1 Å². The Labute approximate surface area is 127 Å². The van der Waals surface area contributed by atoms with Gasteiger partial charge in [0.15, 0.2) is 0 Å². The van der Waals surface area contributed by atoms with Crippen LogP contribution in [0.3, 0.4) is 0 Å². The number of carbonyl (C=O) groups is 2. The summed E-state index contributed by atoms with van der Waals surface area (Å²) >= 11 is 0. The third kappa shape index (κ3) is 7.34. The minimum atomic E-state index is -0.618. The van der Waals surface area contributed by atoms with E-state index in [1.807, 2.05) is 0 Å². The SMILES string of the molecule is COC(=O)[C@H](CC1CCCCCC1)NC(=O)OC(C)(C)C. The van der Waals surface area contributed by atoms with E-state index in [-0.39, 0.29) is 0 Å². The molecule has 1 amide bonds. The van der Waals surface area contributed by atoms with Crippen LogP contribution in [0.5, 0.6) is 0 Å². The Morgan fingerprint density at radius 1 is 1.14 bits per heavy atom. The van der Waals surface area contributed by atoms with E-state index < -0.39 is 23.7 Å². The second-order valence-electron chi connectivity index (χ2n) is 6.82. The summed E-state index contributed by atoms with van der Waals surface area (Å²) in [5.74, 6) is 0.0663. The van der Waals surface area contributed by atoms with Gasteiger partial charge in [-0.15, -0.1) is 0 Å². The second kappa shape index (κ2) is 8.25. The number of carbonyl (C=O) groups excluding carboxylic acids is 2. The monoisotopic (exact) mass is 299 g/mol. The molecule has 0 aliphatic heterocycles. The summed E-state index contributed by atoms with van der Waals surface area (Å²) < 4.78 is 10.0. The van der Waals surface area contributed by atoms with Gasteiger partial charge in [-0.05, 0) is 33.1 Å². The van der Waals surface area contributed by atoms with Gasteiger partial charge in [0.2, 0.25) is 0 Å². The zero-order chi connectivity index (χ0) is 15.9. The van der Waals surface area contributed by atoms with Gasteiger partial charge in [0, 0.05) is 0 Å². The molecule has 0 spiro atoms. The first-order valence-electron chi connectivity index (χ1n) is 7.89. The van der Waals surface area contributed by atoms with Crippen LogP contribution >= 0.6 is 0 Å². The van der Waals surface area contributed by atoms with Crippen molar-refractivity contribution in [1.82, 2.24) is 5.32 Å². The molecule has 1 aliphatic rings. The fourth-order valence-corrected chi connectivity index (χ4v) is 2.74. The first-order chi connectivity index (χ1) is 9.81. The van der Waals surface area contributed by atoms with Crippen LogP contribution in [0.1, 0.15) is 65.7 Å². The van der Waals surface area contributed by atoms with Crippen molar-refractivity contribution in [1.29, 1.82) is 0 Å². The van der Waals surface area contributed by atoms with Crippen LogP contribution in [0.2, 0.25) is 0 Å². The topological polar surface area (TPSA) is 64.6 Å². The lowest BCUT2D eigenvalue weighted by Gasteiger charge is -2.24. The lowest BCUT2D eigenvalue weighted by atomic mass is 9.92. The highest BCUT2D eigenvalue weighted by molar-refractivity contribution is 5.81. The van der Waals surface area contributed by atoms with Crippen molar-refractivity contribution in [2.24, 2.45) is 5.92 Å². The molecule has 5 heteroatoms. The number of methoxy groups -OCH3 is 1. The molecular weight excluding hydrogens is 270 g/mol. The van der Waals surface area contributed by atoms with E-state index in [1.54, 1.807) is 20.8 Å². The zero-order valence-corrected chi connectivity index (χ0v) is 13.7. The van der Waals surface area contributed by atoms with Crippen LogP contribution in [0.25, 0.3) is 0 Å². The molecular formula is C16H29NO4. The average molecular weight is 299 g/mol. The van der Waals surface area contributed by atoms with Gasteiger partial charge in [0.1, 0.15) is 11.6 Å². The van der Waals surface area contributed by atoms with Gasteiger partial charge in [-0.3, -0.25) is 0 Å². The third-order valence-corrected chi connectivity index (χ3v) is 3.72. The molecule has 0 bridgehead atoms. The highest BCUT2D eigenvalue weighted by Crippen LogP contribution is 2.26. The van der Waals surface area contributed by atoms with E-state index in [0.29, 0.717) is 12.3 Å². The van der Waals surface area contributed by atoms with E-state index in [4.69, 9.17) is 9.47 Å². The third-order valence-electron chi connectivity index (χ3n) is 3.72. The van der Waals surface area contributed by atoms with Crippen LogP contribution in [-0.4, -0.2) is 30.8 Å². The smallest absolute Gasteiger partial charge is 0.408 e. The number of rotatable bonds is 4. The van der Waals surface area contributed by atoms with E-state index in [2.05, 4.69) is 5.32 Å². The van der Waals surface area contributed by atoms with E-state index in [9.17, 15) is 9.59 Å². The molecule has 122 valence electrons. The predicted molar refractivity (Wildman–Crippen MR) is 81.0 cm³/mol. The number of hydrogen-bond donors (Lipinski definition) is 1. The van der Waals surface area contributed by atoms with Gasteiger partial charge < -0.3 is 14.8 Å². The molecule has 5 nitrogen and oxygen atoms in total. The van der Waals surface area contributed by atoms with Gasteiger partial charge in [-0.2, -0.15) is 0 Å². The minimum Gasteiger partial charge on any atom is -0.467 e. The number of alkyl carbamates (subject to hydrolysis) is 1. The maximum absolute atomic E-state index is 11.9. The molecule has 1 fully saturated rings. The summed E-state index contributed by atoms with van der Waals surface area (Å²) in [6, 6.07) is -0.618. The lowest BCUT2D eigenvalue weighted by Crippen LogP contribution is -2.45. The largest absolute Gasteiger partial charge is 0.467 e. The highest BCUT2D eigenvalue weighted by atomic mass is 16.6. The summed E-state index contributed by atoms with van der Waals surface area (Å²) in [4.78, 5) is 23.7. The van der Waals surface area contributed by atoms with Crippen molar-refractivity contribution in [3.63, 3.8) is 0 Å². The molecule has 0 aromatic rings. The zero-order valence-electron chi connectivity index (χ0n) is 13.7. The average Bonchev–Trinajstić information content (AvgIpc) is 2.63. The quantitative estimate of drug-likeness (QED) is 0.638. The molecule has 0 aromatic carbocycles. The first kappa shape index (κ1) is 17.8. The van der Waals surface area contributed by atoms with E-state index in [0.717, 1.165) is 12.8 Å². The number of nitrogens with one attached hydrogen (secondary N) is 1. The number of amides is 1. The van der Waals surface area contributed by atoms with Crippen molar-refractivity contribution >= 4 is 12.1 Å². The van der Waals surface area contributed by atoms with Crippen molar-refractivity contribution in [2.75, 3.05) is 7.11 Å². The normalized spacial score (nSPS) is 18.5. The Morgan fingerprint density at radius 3 is 2.19 bits per heavy atom. The predicted octanol–water partition coefficient (Wildman–Crippen LogP) is 3.41. The molecule has 0 radical (unpaired) electrons. The van der Waals surface area contributed by atoms with Crippen LogP contribution in [0.4, 0.5) is 4.79 Å².